The van der Waals surface area contributed by atoms with Gasteiger partial charge in [-0.25, -0.2) is 0 Å². The Labute approximate surface area is 140 Å². The first-order valence-corrected chi connectivity index (χ1v) is 8.10. The Morgan fingerprint density at radius 2 is 1.61 bits per heavy atom. The van der Waals surface area contributed by atoms with Crippen molar-refractivity contribution in [2.24, 2.45) is 0 Å². The third-order valence-electron chi connectivity index (χ3n) is 4.67. The van der Waals surface area contributed by atoms with Crippen molar-refractivity contribution in [3.05, 3.63) is 23.8 Å². The summed E-state index contributed by atoms with van der Waals surface area (Å²) in [6, 6.07) is 6.15. The molecule has 1 heterocycles. The molecule has 0 radical (unpaired) electrons. The van der Waals surface area contributed by atoms with Crippen molar-refractivity contribution < 1.29 is 18.8 Å². The van der Waals surface area contributed by atoms with E-state index in [0.717, 1.165) is 16.8 Å². The van der Waals surface area contributed by atoms with E-state index in [1.165, 1.54) is 0 Å². The van der Waals surface area contributed by atoms with Crippen LogP contribution in [0.25, 0.3) is 0 Å². The quantitative estimate of drug-likeness (QED) is 0.630. The molecule has 128 valence electrons. The van der Waals surface area contributed by atoms with Crippen LogP contribution in [0, 0.1) is 0 Å². The molecule has 0 aromatic heterocycles. The van der Waals surface area contributed by atoms with Gasteiger partial charge in [0.2, 0.25) is 0 Å². The van der Waals surface area contributed by atoms with E-state index in [-0.39, 0.29) is 30.5 Å². The van der Waals surface area contributed by atoms with Crippen LogP contribution in [-0.4, -0.2) is 32.2 Å². The van der Waals surface area contributed by atoms with E-state index in [1.54, 1.807) is 7.11 Å². The minimum Gasteiger partial charge on any atom is -0.467 e. The first-order chi connectivity index (χ1) is 10.5. The summed E-state index contributed by atoms with van der Waals surface area (Å²) in [7, 11) is 1.23. The highest BCUT2D eigenvalue weighted by Crippen LogP contribution is 2.37. The second-order valence-corrected chi connectivity index (χ2v) is 8.14. The molecule has 0 N–H and O–H groups in total. The molecule has 23 heavy (non-hydrogen) atoms. The van der Waals surface area contributed by atoms with Gasteiger partial charge in [-0.1, -0.05) is 32.9 Å². The lowest BCUT2D eigenvalue weighted by Crippen LogP contribution is -2.41. The molecule has 1 fully saturated rings. The van der Waals surface area contributed by atoms with Crippen molar-refractivity contribution >= 4 is 12.6 Å². The molecule has 1 aromatic carbocycles. The smallest absolute Gasteiger partial charge is 0.467 e. The number of ether oxygens (including phenoxy) is 2. The van der Waals surface area contributed by atoms with Gasteiger partial charge in [-0.3, -0.25) is 0 Å². The number of hydrogen-bond donors (Lipinski definition) is 0. The van der Waals surface area contributed by atoms with Crippen LogP contribution < -0.4 is 10.2 Å². The van der Waals surface area contributed by atoms with Crippen LogP contribution in [0.5, 0.6) is 5.75 Å². The maximum Gasteiger partial charge on any atom is 0.494 e. The monoisotopic (exact) mass is 320 g/mol. The Bertz CT molecular complexity index is 545. The van der Waals surface area contributed by atoms with Crippen LogP contribution in [0.4, 0.5) is 0 Å². The molecule has 1 aliphatic rings. The average molecular weight is 320 g/mol. The van der Waals surface area contributed by atoms with Crippen molar-refractivity contribution in [1.29, 1.82) is 0 Å². The predicted molar refractivity (Wildman–Crippen MR) is 93.4 cm³/mol. The summed E-state index contributed by atoms with van der Waals surface area (Å²) in [4.78, 5) is 0. The van der Waals surface area contributed by atoms with Crippen molar-refractivity contribution in [3.8, 4) is 5.75 Å². The maximum absolute atomic E-state index is 6.13. The van der Waals surface area contributed by atoms with Gasteiger partial charge < -0.3 is 18.8 Å². The van der Waals surface area contributed by atoms with Gasteiger partial charge in [0, 0.05) is 7.11 Å². The van der Waals surface area contributed by atoms with Gasteiger partial charge in [0.05, 0.1) is 11.2 Å². The molecule has 5 heteroatoms. The highest BCUT2D eigenvalue weighted by Gasteiger charge is 2.51. The standard InChI is InChI=1S/C18H29BO4/c1-16(2,3)14-10-9-13(11-15(14)21-12-20-8)19-22-17(4,5)18(6,7)23-19/h9-11H,12H2,1-8H3. The van der Waals surface area contributed by atoms with Gasteiger partial charge in [-0.15, -0.1) is 0 Å². The van der Waals surface area contributed by atoms with Crippen molar-refractivity contribution in [2.75, 3.05) is 13.9 Å². The molecular formula is C18H29BO4. The summed E-state index contributed by atoms with van der Waals surface area (Å²) >= 11 is 0. The lowest BCUT2D eigenvalue weighted by atomic mass is 9.76. The Hall–Kier alpha value is -1.04. The summed E-state index contributed by atoms with van der Waals surface area (Å²) < 4.78 is 23.1. The molecule has 0 aliphatic carbocycles. The minimum atomic E-state index is -0.390. The predicted octanol–water partition coefficient (Wildman–Crippen LogP) is 3.27. The summed E-state index contributed by atoms with van der Waals surface area (Å²) in [6.45, 7) is 14.9. The number of hydrogen-bond acceptors (Lipinski definition) is 4. The largest absolute Gasteiger partial charge is 0.494 e. The maximum atomic E-state index is 6.13. The van der Waals surface area contributed by atoms with Crippen LogP contribution in [0.2, 0.25) is 0 Å². The first kappa shape index (κ1) is 18.3. The Morgan fingerprint density at radius 1 is 1.04 bits per heavy atom. The molecule has 0 saturated carbocycles. The van der Waals surface area contributed by atoms with Gasteiger partial charge >= 0.3 is 7.12 Å². The van der Waals surface area contributed by atoms with E-state index in [2.05, 4.69) is 60.6 Å². The van der Waals surface area contributed by atoms with E-state index in [9.17, 15) is 0 Å². The highest BCUT2D eigenvalue weighted by molar-refractivity contribution is 6.62. The third kappa shape index (κ3) is 3.73. The Balaban J connectivity index is 2.35. The zero-order valence-electron chi connectivity index (χ0n) is 15.6. The lowest BCUT2D eigenvalue weighted by molar-refractivity contribution is 0.00578. The normalized spacial score (nSPS) is 19.9. The van der Waals surface area contributed by atoms with E-state index in [0.29, 0.717) is 0 Å². The zero-order chi connectivity index (χ0) is 17.5. The summed E-state index contributed by atoms with van der Waals surface area (Å²) in [6.07, 6.45) is 0. The third-order valence-corrected chi connectivity index (χ3v) is 4.67. The molecule has 4 nitrogen and oxygen atoms in total. The molecule has 0 unspecified atom stereocenters. The molecule has 1 aliphatic heterocycles. The molecule has 0 bridgehead atoms. The van der Waals surface area contributed by atoms with Gasteiger partial charge in [-0.05, 0) is 50.2 Å². The van der Waals surface area contributed by atoms with E-state index >= 15 is 0 Å². The van der Waals surface area contributed by atoms with E-state index in [1.807, 2.05) is 6.07 Å². The molecule has 0 spiro atoms. The highest BCUT2D eigenvalue weighted by atomic mass is 16.7. The summed E-state index contributed by atoms with van der Waals surface area (Å²) in [5.74, 6) is 0.812. The van der Waals surface area contributed by atoms with Crippen LogP contribution in [0.3, 0.4) is 0 Å². The van der Waals surface area contributed by atoms with Gasteiger partial charge in [0.1, 0.15) is 5.75 Å². The second-order valence-electron chi connectivity index (χ2n) is 8.14. The fourth-order valence-corrected chi connectivity index (χ4v) is 2.53. The lowest BCUT2D eigenvalue weighted by Gasteiger charge is -2.32. The van der Waals surface area contributed by atoms with Gasteiger partial charge in [0.25, 0.3) is 0 Å². The zero-order valence-corrected chi connectivity index (χ0v) is 15.6. The number of benzene rings is 1. The van der Waals surface area contributed by atoms with E-state index in [4.69, 9.17) is 18.8 Å². The number of rotatable bonds is 4. The topological polar surface area (TPSA) is 36.9 Å². The van der Waals surface area contributed by atoms with Gasteiger partial charge in [0.15, 0.2) is 6.79 Å². The Morgan fingerprint density at radius 3 is 2.09 bits per heavy atom. The summed E-state index contributed by atoms with van der Waals surface area (Å²) in [5, 5.41) is 0. The van der Waals surface area contributed by atoms with Crippen LogP contribution in [-0.2, 0) is 19.5 Å². The van der Waals surface area contributed by atoms with Crippen LogP contribution in [0.1, 0.15) is 54.0 Å². The van der Waals surface area contributed by atoms with Crippen molar-refractivity contribution in [2.45, 2.75) is 65.1 Å². The first-order valence-electron chi connectivity index (χ1n) is 8.10. The van der Waals surface area contributed by atoms with Crippen LogP contribution >= 0.6 is 0 Å². The van der Waals surface area contributed by atoms with E-state index < -0.39 is 0 Å². The SMILES string of the molecule is COCOc1cc(B2OC(C)(C)C(C)(C)O2)ccc1C(C)(C)C. The number of methoxy groups -OCH3 is 1. The molecule has 0 amide bonds. The molecule has 0 atom stereocenters. The summed E-state index contributed by atoms with van der Waals surface area (Å²) in [5.41, 5.74) is 1.37. The average Bonchev–Trinajstić information content (AvgIpc) is 2.64. The minimum absolute atomic E-state index is 0.0163. The molecule has 2 rings (SSSR count). The second kappa shape index (κ2) is 6.12. The van der Waals surface area contributed by atoms with Crippen LogP contribution in [0.15, 0.2) is 18.2 Å². The van der Waals surface area contributed by atoms with Crippen molar-refractivity contribution in [1.82, 2.24) is 0 Å². The Kier molecular flexibility index (Phi) is 4.87. The molecular weight excluding hydrogens is 291 g/mol. The molecule has 1 saturated heterocycles. The fraction of sp³-hybridized carbons (Fsp3) is 0.667. The molecule has 1 aromatic rings. The van der Waals surface area contributed by atoms with Crippen molar-refractivity contribution in [3.63, 3.8) is 0 Å². The van der Waals surface area contributed by atoms with Gasteiger partial charge in [-0.2, -0.15) is 0 Å². The fourth-order valence-electron chi connectivity index (χ4n) is 2.53.